The summed E-state index contributed by atoms with van der Waals surface area (Å²) in [5, 5.41) is 0. The normalized spacial score (nSPS) is 12.3. The Bertz CT molecular complexity index is 1100. The molecule has 1 aliphatic heterocycles. The summed E-state index contributed by atoms with van der Waals surface area (Å²) in [4.78, 5) is 5.54. The van der Waals surface area contributed by atoms with E-state index in [9.17, 15) is 0 Å². The Morgan fingerprint density at radius 2 is 1.04 bits per heavy atom. The van der Waals surface area contributed by atoms with Crippen LogP contribution in [-0.2, 0) is 12.8 Å². The summed E-state index contributed by atoms with van der Waals surface area (Å²) in [5.41, 5.74) is 5.64. The van der Waals surface area contributed by atoms with Gasteiger partial charge in [-0.25, -0.2) is 0 Å². The van der Waals surface area contributed by atoms with E-state index < -0.39 is 0 Å². The average molecular weight is 397 g/mol. The molecule has 1 aliphatic rings. The van der Waals surface area contributed by atoms with Crippen molar-refractivity contribution in [3.8, 4) is 0 Å². The molecule has 4 aromatic carbocycles. The zero-order valence-corrected chi connectivity index (χ0v) is 17.1. The topological polar surface area (TPSA) is 0 Å². The third-order valence-corrected chi connectivity index (χ3v) is 7.70. The number of rotatable bonds is 4. The van der Waals surface area contributed by atoms with Gasteiger partial charge >= 0.3 is 0 Å². The lowest BCUT2D eigenvalue weighted by molar-refractivity contribution is 0.996. The minimum Gasteiger partial charge on any atom is -0.0877 e. The molecule has 0 fully saturated rings. The standard InChI is InChI=1S/C26H20S2/c1-3-9-19(10-4-1)17-21-15-16-25-26(22(21)18-20-11-5-2-6-12-20)28-24-14-8-7-13-23(24)27-25/h1-16H,17-18H2. The zero-order chi connectivity index (χ0) is 18.8. The molecule has 0 amide bonds. The van der Waals surface area contributed by atoms with Gasteiger partial charge in [-0.3, -0.25) is 0 Å². The Morgan fingerprint density at radius 3 is 1.71 bits per heavy atom. The lowest BCUT2D eigenvalue weighted by atomic mass is 9.95. The molecule has 0 aliphatic carbocycles. The van der Waals surface area contributed by atoms with E-state index in [4.69, 9.17) is 0 Å². The van der Waals surface area contributed by atoms with Crippen LogP contribution in [-0.4, -0.2) is 0 Å². The molecule has 136 valence electrons. The highest BCUT2D eigenvalue weighted by atomic mass is 32.2. The second-order valence-electron chi connectivity index (χ2n) is 7.01. The molecule has 0 bridgehead atoms. The van der Waals surface area contributed by atoms with Gasteiger partial charge in [-0.15, -0.1) is 0 Å². The molecule has 0 aromatic heterocycles. The van der Waals surface area contributed by atoms with Crippen LogP contribution in [0.2, 0.25) is 0 Å². The van der Waals surface area contributed by atoms with Crippen molar-refractivity contribution in [2.45, 2.75) is 32.4 Å². The molecule has 0 unspecified atom stereocenters. The van der Waals surface area contributed by atoms with Gasteiger partial charge in [0.25, 0.3) is 0 Å². The van der Waals surface area contributed by atoms with Gasteiger partial charge in [0.15, 0.2) is 0 Å². The van der Waals surface area contributed by atoms with Crippen molar-refractivity contribution < 1.29 is 0 Å². The molecular formula is C26H20S2. The van der Waals surface area contributed by atoms with Crippen molar-refractivity contribution in [2.24, 2.45) is 0 Å². The van der Waals surface area contributed by atoms with Gasteiger partial charge in [-0.1, -0.05) is 102 Å². The van der Waals surface area contributed by atoms with Crippen molar-refractivity contribution in [3.05, 3.63) is 119 Å². The van der Waals surface area contributed by atoms with Crippen LogP contribution in [0.3, 0.4) is 0 Å². The third-order valence-electron chi connectivity index (χ3n) is 5.06. The Labute approximate surface area is 175 Å². The minimum atomic E-state index is 0.974. The first kappa shape index (κ1) is 17.7. The van der Waals surface area contributed by atoms with E-state index in [0.29, 0.717) is 0 Å². The molecule has 4 aromatic rings. The van der Waals surface area contributed by atoms with E-state index in [0.717, 1.165) is 12.8 Å². The smallest absolute Gasteiger partial charge is 0.0300 e. The fourth-order valence-corrected chi connectivity index (χ4v) is 6.10. The first-order chi connectivity index (χ1) is 13.9. The number of fused-ring (bicyclic) bond motifs is 2. The lowest BCUT2D eigenvalue weighted by Gasteiger charge is -2.23. The van der Waals surface area contributed by atoms with E-state index in [1.807, 2.05) is 23.5 Å². The zero-order valence-electron chi connectivity index (χ0n) is 15.5. The fourth-order valence-electron chi connectivity index (χ4n) is 3.66. The Hall–Kier alpha value is -2.42. The number of hydrogen-bond donors (Lipinski definition) is 0. The Balaban J connectivity index is 1.60. The van der Waals surface area contributed by atoms with Crippen LogP contribution >= 0.6 is 23.5 Å². The average Bonchev–Trinajstić information content (AvgIpc) is 2.76. The second kappa shape index (κ2) is 7.90. The van der Waals surface area contributed by atoms with Crippen LogP contribution in [0, 0.1) is 0 Å². The summed E-state index contributed by atoms with van der Waals surface area (Å²) in [6.07, 6.45) is 1.95. The van der Waals surface area contributed by atoms with Gasteiger partial charge in [0, 0.05) is 19.6 Å². The third kappa shape index (κ3) is 3.63. The van der Waals surface area contributed by atoms with Crippen molar-refractivity contribution in [1.29, 1.82) is 0 Å². The first-order valence-corrected chi connectivity index (χ1v) is 11.2. The summed E-state index contributed by atoms with van der Waals surface area (Å²) in [6.45, 7) is 0. The fraction of sp³-hybridized carbons (Fsp3) is 0.0769. The molecule has 0 N–H and O–H groups in total. The monoisotopic (exact) mass is 396 g/mol. The summed E-state index contributed by atoms with van der Waals surface area (Å²) in [6, 6.07) is 35.0. The molecule has 0 radical (unpaired) electrons. The van der Waals surface area contributed by atoms with Crippen molar-refractivity contribution in [3.63, 3.8) is 0 Å². The molecule has 2 heteroatoms. The van der Waals surface area contributed by atoms with Gasteiger partial charge in [-0.2, -0.15) is 0 Å². The van der Waals surface area contributed by atoms with E-state index in [-0.39, 0.29) is 0 Å². The van der Waals surface area contributed by atoms with Gasteiger partial charge in [-0.05, 0) is 53.3 Å². The van der Waals surface area contributed by atoms with E-state index in [1.165, 1.54) is 41.8 Å². The highest BCUT2D eigenvalue weighted by Gasteiger charge is 2.22. The van der Waals surface area contributed by atoms with Crippen molar-refractivity contribution in [1.82, 2.24) is 0 Å². The number of benzene rings is 4. The molecule has 0 nitrogen and oxygen atoms in total. The predicted octanol–water partition coefficient (Wildman–Crippen LogP) is 7.48. The Kier molecular flexibility index (Phi) is 4.99. The molecule has 0 saturated heterocycles. The van der Waals surface area contributed by atoms with Crippen molar-refractivity contribution in [2.75, 3.05) is 0 Å². The minimum absolute atomic E-state index is 0.974. The van der Waals surface area contributed by atoms with Gasteiger partial charge in [0.2, 0.25) is 0 Å². The molecular weight excluding hydrogens is 376 g/mol. The van der Waals surface area contributed by atoms with Crippen LogP contribution in [0.1, 0.15) is 22.3 Å². The first-order valence-electron chi connectivity index (χ1n) is 9.54. The second-order valence-corrected chi connectivity index (χ2v) is 9.14. The van der Waals surface area contributed by atoms with E-state index in [2.05, 4.69) is 97.1 Å². The van der Waals surface area contributed by atoms with Crippen molar-refractivity contribution >= 4 is 23.5 Å². The maximum Gasteiger partial charge on any atom is 0.0300 e. The molecule has 0 atom stereocenters. The van der Waals surface area contributed by atoms with Gasteiger partial charge in [0.05, 0.1) is 0 Å². The van der Waals surface area contributed by atoms with Crippen LogP contribution in [0.5, 0.6) is 0 Å². The molecule has 28 heavy (non-hydrogen) atoms. The molecule has 0 spiro atoms. The van der Waals surface area contributed by atoms with E-state index in [1.54, 1.807) is 0 Å². The molecule has 5 rings (SSSR count). The summed E-state index contributed by atoms with van der Waals surface area (Å²) >= 11 is 3.83. The maximum atomic E-state index is 2.34. The van der Waals surface area contributed by atoms with Crippen LogP contribution in [0.25, 0.3) is 0 Å². The van der Waals surface area contributed by atoms with Crippen LogP contribution in [0.15, 0.2) is 117 Å². The summed E-state index contributed by atoms with van der Waals surface area (Å²) < 4.78 is 0. The quantitative estimate of drug-likeness (QED) is 0.309. The highest BCUT2D eigenvalue weighted by molar-refractivity contribution is 8.05. The van der Waals surface area contributed by atoms with Crippen LogP contribution in [0.4, 0.5) is 0 Å². The molecule has 0 saturated carbocycles. The van der Waals surface area contributed by atoms with E-state index >= 15 is 0 Å². The van der Waals surface area contributed by atoms with Gasteiger partial charge < -0.3 is 0 Å². The lowest BCUT2D eigenvalue weighted by Crippen LogP contribution is -2.03. The highest BCUT2D eigenvalue weighted by Crippen LogP contribution is 2.50. The summed E-state index contributed by atoms with van der Waals surface area (Å²) in [5.74, 6) is 0. The Morgan fingerprint density at radius 1 is 0.464 bits per heavy atom. The summed E-state index contributed by atoms with van der Waals surface area (Å²) in [7, 11) is 0. The number of hydrogen-bond acceptors (Lipinski definition) is 2. The van der Waals surface area contributed by atoms with Crippen LogP contribution < -0.4 is 0 Å². The predicted molar refractivity (Wildman–Crippen MR) is 120 cm³/mol. The van der Waals surface area contributed by atoms with Gasteiger partial charge in [0.1, 0.15) is 0 Å². The largest absolute Gasteiger partial charge is 0.0877 e. The maximum absolute atomic E-state index is 2.34. The molecule has 1 heterocycles. The SMILES string of the molecule is c1ccc(Cc2ccc3c(c2Cc2ccccc2)Sc2ccccc2S3)cc1.